The molecule has 0 radical (unpaired) electrons. The van der Waals surface area contributed by atoms with Crippen molar-refractivity contribution in [1.82, 2.24) is 0 Å². The highest BCUT2D eigenvalue weighted by atomic mass is 35.5. The molecule has 1 aliphatic rings. The summed E-state index contributed by atoms with van der Waals surface area (Å²) in [7, 11) is 0. The van der Waals surface area contributed by atoms with E-state index < -0.39 is 6.10 Å². The van der Waals surface area contributed by atoms with Crippen molar-refractivity contribution < 1.29 is 5.11 Å². The molecule has 2 rings (SSSR count). The van der Waals surface area contributed by atoms with E-state index in [1.54, 1.807) is 6.07 Å². The van der Waals surface area contributed by atoms with Crippen molar-refractivity contribution in [2.45, 2.75) is 18.9 Å². The highest BCUT2D eigenvalue weighted by Crippen LogP contribution is 2.54. The van der Waals surface area contributed by atoms with E-state index in [-0.39, 0.29) is 5.41 Å². The lowest BCUT2D eigenvalue weighted by Gasteiger charge is -2.20. The first-order valence-corrected chi connectivity index (χ1v) is 5.19. The minimum atomic E-state index is -0.466. The van der Waals surface area contributed by atoms with Crippen LogP contribution in [0.25, 0.3) is 0 Å². The van der Waals surface area contributed by atoms with Gasteiger partial charge in [0.1, 0.15) is 0 Å². The Kier molecular flexibility index (Phi) is 2.52. The Morgan fingerprint density at radius 2 is 2.21 bits per heavy atom. The highest BCUT2D eigenvalue weighted by Gasteiger charge is 2.48. The van der Waals surface area contributed by atoms with Gasteiger partial charge in [-0.1, -0.05) is 23.7 Å². The van der Waals surface area contributed by atoms with Gasteiger partial charge in [0.15, 0.2) is 0 Å². The highest BCUT2D eigenvalue weighted by molar-refractivity contribution is 6.30. The summed E-state index contributed by atoms with van der Waals surface area (Å²) in [6.45, 7) is 0.542. The van der Waals surface area contributed by atoms with Gasteiger partial charge in [0.05, 0.1) is 6.10 Å². The minimum absolute atomic E-state index is 0.0787. The van der Waals surface area contributed by atoms with Crippen LogP contribution in [0.4, 0.5) is 0 Å². The SMILES string of the molecule is NCC1([C@H](O)c2cccc(Cl)c2)CC1. The fourth-order valence-electron chi connectivity index (χ4n) is 1.78. The average Bonchev–Trinajstić information content (AvgIpc) is 2.97. The van der Waals surface area contributed by atoms with Gasteiger partial charge in [-0.05, 0) is 30.5 Å². The molecular weight excluding hydrogens is 198 g/mol. The van der Waals surface area contributed by atoms with Crippen LogP contribution in [-0.4, -0.2) is 11.7 Å². The lowest BCUT2D eigenvalue weighted by molar-refractivity contribution is 0.0975. The van der Waals surface area contributed by atoms with Crippen LogP contribution in [0.1, 0.15) is 24.5 Å². The van der Waals surface area contributed by atoms with Crippen LogP contribution in [0.2, 0.25) is 5.02 Å². The van der Waals surface area contributed by atoms with Crippen LogP contribution in [0, 0.1) is 5.41 Å². The first-order chi connectivity index (χ1) is 6.68. The maximum Gasteiger partial charge on any atom is 0.0858 e. The first-order valence-electron chi connectivity index (χ1n) is 4.81. The molecule has 0 aliphatic heterocycles. The van der Waals surface area contributed by atoms with Crippen molar-refractivity contribution in [3.05, 3.63) is 34.9 Å². The topological polar surface area (TPSA) is 46.2 Å². The molecule has 0 aromatic heterocycles. The van der Waals surface area contributed by atoms with Crippen LogP contribution in [0.3, 0.4) is 0 Å². The van der Waals surface area contributed by atoms with Gasteiger partial charge in [0.2, 0.25) is 0 Å². The maximum absolute atomic E-state index is 10.1. The van der Waals surface area contributed by atoms with Crippen molar-refractivity contribution in [2.24, 2.45) is 11.1 Å². The molecule has 3 heteroatoms. The fraction of sp³-hybridized carbons (Fsp3) is 0.455. The van der Waals surface area contributed by atoms with Crippen LogP contribution >= 0.6 is 11.6 Å². The van der Waals surface area contributed by atoms with Crippen LogP contribution < -0.4 is 5.73 Å². The second-order valence-corrected chi connectivity index (χ2v) is 4.46. The van der Waals surface area contributed by atoms with Crippen molar-refractivity contribution in [3.8, 4) is 0 Å². The van der Waals surface area contributed by atoms with Crippen molar-refractivity contribution >= 4 is 11.6 Å². The fourth-order valence-corrected chi connectivity index (χ4v) is 1.98. The molecule has 1 aliphatic carbocycles. The van der Waals surface area contributed by atoms with E-state index in [1.807, 2.05) is 18.2 Å². The molecular formula is C11H14ClNO. The van der Waals surface area contributed by atoms with Gasteiger partial charge in [-0.25, -0.2) is 0 Å². The zero-order valence-corrected chi connectivity index (χ0v) is 8.67. The summed E-state index contributed by atoms with van der Waals surface area (Å²) in [6, 6.07) is 7.36. The van der Waals surface area contributed by atoms with E-state index in [0.29, 0.717) is 11.6 Å². The quantitative estimate of drug-likeness (QED) is 0.805. The zero-order valence-electron chi connectivity index (χ0n) is 7.91. The second-order valence-electron chi connectivity index (χ2n) is 4.02. The molecule has 0 spiro atoms. The molecule has 0 amide bonds. The summed E-state index contributed by atoms with van der Waals surface area (Å²) in [5.41, 5.74) is 6.45. The molecule has 14 heavy (non-hydrogen) atoms. The number of benzene rings is 1. The molecule has 76 valence electrons. The lowest BCUT2D eigenvalue weighted by Crippen LogP contribution is -2.23. The van der Waals surface area contributed by atoms with Crippen molar-refractivity contribution in [2.75, 3.05) is 6.54 Å². The Labute approximate surface area is 88.7 Å². The molecule has 1 fully saturated rings. The van der Waals surface area contributed by atoms with Gasteiger partial charge >= 0.3 is 0 Å². The molecule has 0 bridgehead atoms. The van der Waals surface area contributed by atoms with Crippen LogP contribution in [0.15, 0.2) is 24.3 Å². The molecule has 1 saturated carbocycles. The standard InChI is InChI=1S/C11H14ClNO/c12-9-3-1-2-8(6-9)10(14)11(7-13)4-5-11/h1-3,6,10,14H,4-5,7,13H2/t10-/m1/s1. The predicted octanol–water partition coefficient (Wildman–Crippen LogP) is 2.11. The van der Waals surface area contributed by atoms with E-state index in [9.17, 15) is 5.11 Å². The molecule has 0 unspecified atom stereocenters. The van der Waals surface area contributed by atoms with Crippen LogP contribution in [0.5, 0.6) is 0 Å². The molecule has 2 nitrogen and oxygen atoms in total. The Bertz CT molecular complexity index is 336. The first kappa shape index (κ1) is 9.97. The van der Waals surface area contributed by atoms with Gasteiger partial charge in [-0.3, -0.25) is 0 Å². The number of aliphatic hydroxyl groups is 1. The maximum atomic E-state index is 10.1. The third-order valence-corrected chi connectivity index (χ3v) is 3.28. The minimum Gasteiger partial charge on any atom is -0.388 e. The van der Waals surface area contributed by atoms with Gasteiger partial charge < -0.3 is 10.8 Å². The molecule has 0 heterocycles. The Balaban J connectivity index is 2.23. The van der Waals surface area contributed by atoms with Gasteiger partial charge in [0, 0.05) is 17.0 Å². The monoisotopic (exact) mass is 211 g/mol. The van der Waals surface area contributed by atoms with E-state index in [4.69, 9.17) is 17.3 Å². The normalized spacial score (nSPS) is 20.5. The summed E-state index contributed by atoms with van der Waals surface area (Å²) in [5, 5.41) is 10.8. The van der Waals surface area contributed by atoms with Gasteiger partial charge in [-0.2, -0.15) is 0 Å². The summed E-state index contributed by atoms with van der Waals surface area (Å²) in [4.78, 5) is 0. The van der Waals surface area contributed by atoms with Crippen molar-refractivity contribution in [3.63, 3.8) is 0 Å². The number of aliphatic hydroxyl groups excluding tert-OH is 1. The summed E-state index contributed by atoms with van der Waals surface area (Å²) in [6.07, 6.45) is 1.56. The number of hydrogen-bond donors (Lipinski definition) is 2. The Morgan fingerprint density at radius 3 is 2.71 bits per heavy atom. The van der Waals surface area contributed by atoms with Crippen LogP contribution in [-0.2, 0) is 0 Å². The zero-order chi connectivity index (χ0) is 10.2. The molecule has 0 saturated heterocycles. The van der Waals surface area contributed by atoms with E-state index >= 15 is 0 Å². The van der Waals surface area contributed by atoms with E-state index in [2.05, 4.69) is 0 Å². The summed E-state index contributed by atoms with van der Waals surface area (Å²) < 4.78 is 0. The molecule has 1 atom stereocenters. The number of hydrogen-bond acceptors (Lipinski definition) is 2. The number of halogens is 1. The van der Waals surface area contributed by atoms with Crippen molar-refractivity contribution in [1.29, 1.82) is 0 Å². The smallest absolute Gasteiger partial charge is 0.0858 e. The third kappa shape index (κ3) is 1.65. The van der Waals surface area contributed by atoms with E-state index in [1.165, 1.54) is 0 Å². The molecule has 1 aromatic rings. The van der Waals surface area contributed by atoms with Gasteiger partial charge in [0.25, 0.3) is 0 Å². The Hall–Kier alpha value is -0.570. The largest absolute Gasteiger partial charge is 0.388 e. The molecule has 3 N–H and O–H groups in total. The lowest BCUT2D eigenvalue weighted by atomic mass is 9.93. The number of rotatable bonds is 3. The summed E-state index contributed by atoms with van der Waals surface area (Å²) >= 11 is 5.86. The second kappa shape index (κ2) is 3.54. The predicted molar refractivity (Wildman–Crippen MR) is 57.1 cm³/mol. The molecule has 1 aromatic carbocycles. The van der Waals surface area contributed by atoms with Gasteiger partial charge in [-0.15, -0.1) is 0 Å². The number of nitrogens with two attached hydrogens (primary N) is 1. The summed E-state index contributed by atoms with van der Waals surface area (Å²) in [5.74, 6) is 0. The third-order valence-electron chi connectivity index (χ3n) is 3.04. The Morgan fingerprint density at radius 1 is 1.50 bits per heavy atom. The van der Waals surface area contributed by atoms with E-state index in [0.717, 1.165) is 18.4 Å². The average molecular weight is 212 g/mol.